The van der Waals surface area contributed by atoms with Gasteiger partial charge in [0, 0.05) is 26.2 Å². The lowest BCUT2D eigenvalue weighted by molar-refractivity contribution is -0.140. The van der Waals surface area contributed by atoms with Gasteiger partial charge in [-0.25, -0.2) is 0 Å². The van der Waals surface area contributed by atoms with E-state index in [0.717, 1.165) is 13.1 Å². The number of amides is 2. The number of rotatable bonds is 4. The normalized spacial score (nSPS) is 26.6. The van der Waals surface area contributed by atoms with Gasteiger partial charge in [0.2, 0.25) is 11.8 Å². The minimum atomic E-state index is -0.941. The summed E-state index contributed by atoms with van der Waals surface area (Å²) in [6.07, 6.45) is 0.378. The SMILES string of the molecule is O=C(O)[C@H]1C[C@H]1C(=O)NCC(=O)N1CCNCC1. The molecule has 2 aliphatic rings. The fourth-order valence-corrected chi connectivity index (χ4v) is 2.08. The van der Waals surface area contributed by atoms with Gasteiger partial charge in [0.1, 0.15) is 0 Å². The van der Waals surface area contributed by atoms with Crippen molar-refractivity contribution in [3.63, 3.8) is 0 Å². The Morgan fingerprint density at radius 1 is 1.22 bits per heavy atom. The molecular formula is C11H17N3O4. The van der Waals surface area contributed by atoms with Crippen LogP contribution in [0.3, 0.4) is 0 Å². The van der Waals surface area contributed by atoms with Gasteiger partial charge in [-0.05, 0) is 6.42 Å². The lowest BCUT2D eigenvalue weighted by atomic mass is 10.3. The first-order valence-corrected chi connectivity index (χ1v) is 6.08. The summed E-state index contributed by atoms with van der Waals surface area (Å²) in [6, 6.07) is 0. The smallest absolute Gasteiger partial charge is 0.307 e. The van der Waals surface area contributed by atoms with Crippen LogP contribution >= 0.6 is 0 Å². The molecule has 0 aromatic heterocycles. The molecule has 0 aromatic carbocycles. The van der Waals surface area contributed by atoms with E-state index < -0.39 is 17.8 Å². The molecule has 2 atom stereocenters. The van der Waals surface area contributed by atoms with Gasteiger partial charge in [-0.1, -0.05) is 0 Å². The van der Waals surface area contributed by atoms with Crippen molar-refractivity contribution in [2.24, 2.45) is 11.8 Å². The Labute approximate surface area is 105 Å². The second-order valence-corrected chi connectivity index (χ2v) is 4.64. The quantitative estimate of drug-likeness (QED) is 0.553. The molecule has 1 saturated carbocycles. The number of hydrogen-bond donors (Lipinski definition) is 3. The van der Waals surface area contributed by atoms with Crippen LogP contribution in [0.15, 0.2) is 0 Å². The number of nitrogens with zero attached hydrogens (tertiary/aromatic N) is 1. The molecule has 1 aliphatic carbocycles. The minimum Gasteiger partial charge on any atom is -0.481 e. The molecule has 1 saturated heterocycles. The number of piperazine rings is 1. The average Bonchev–Trinajstić information content (AvgIpc) is 3.17. The molecule has 0 unspecified atom stereocenters. The van der Waals surface area contributed by atoms with Crippen LogP contribution in [0.2, 0.25) is 0 Å². The Bertz CT molecular complexity index is 365. The van der Waals surface area contributed by atoms with E-state index >= 15 is 0 Å². The fourth-order valence-electron chi connectivity index (χ4n) is 2.08. The summed E-state index contributed by atoms with van der Waals surface area (Å²) in [5, 5.41) is 14.3. The largest absolute Gasteiger partial charge is 0.481 e. The van der Waals surface area contributed by atoms with E-state index in [9.17, 15) is 14.4 Å². The van der Waals surface area contributed by atoms with E-state index in [1.165, 1.54) is 0 Å². The molecule has 100 valence electrons. The Balaban J connectivity index is 1.70. The molecule has 0 spiro atoms. The van der Waals surface area contributed by atoms with E-state index in [1.54, 1.807) is 4.90 Å². The van der Waals surface area contributed by atoms with E-state index in [4.69, 9.17) is 5.11 Å². The molecule has 0 aromatic rings. The van der Waals surface area contributed by atoms with Crippen molar-refractivity contribution < 1.29 is 19.5 Å². The molecule has 2 rings (SSSR count). The van der Waals surface area contributed by atoms with E-state index in [1.807, 2.05) is 0 Å². The first-order valence-electron chi connectivity index (χ1n) is 6.08. The number of hydrogen-bond acceptors (Lipinski definition) is 4. The van der Waals surface area contributed by atoms with Crippen LogP contribution < -0.4 is 10.6 Å². The summed E-state index contributed by atoms with van der Waals surface area (Å²) in [5.74, 6) is -2.41. The number of carboxylic acids is 1. The van der Waals surface area contributed by atoms with Crippen molar-refractivity contribution in [3.05, 3.63) is 0 Å². The van der Waals surface area contributed by atoms with Gasteiger partial charge in [0.25, 0.3) is 0 Å². The van der Waals surface area contributed by atoms with Crippen molar-refractivity contribution in [1.82, 2.24) is 15.5 Å². The molecular weight excluding hydrogens is 238 g/mol. The van der Waals surface area contributed by atoms with E-state index in [-0.39, 0.29) is 18.4 Å². The van der Waals surface area contributed by atoms with Gasteiger partial charge in [-0.3, -0.25) is 14.4 Å². The van der Waals surface area contributed by atoms with Crippen LogP contribution in [0, 0.1) is 11.8 Å². The third kappa shape index (κ3) is 2.98. The maximum atomic E-state index is 11.7. The van der Waals surface area contributed by atoms with Crippen molar-refractivity contribution in [2.75, 3.05) is 32.7 Å². The molecule has 2 fully saturated rings. The number of carboxylic acid groups (broad SMARTS) is 1. The maximum absolute atomic E-state index is 11.7. The summed E-state index contributed by atoms with van der Waals surface area (Å²) in [7, 11) is 0. The Morgan fingerprint density at radius 2 is 1.89 bits per heavy atom. The highest BCUT2D eigenvalue weighted by Crippen LogP contribution is 2.38. The maximum Gasteiger partial charge on any atom is 0.307 e. The van der Waals surface area contributed by atoms with E-state index in [0.29, 0.717) is 19.5 Å². The second-order valence-electron chi connectivity index (χ2n) is 4.64. The van der Waals surface area contributed by atoms with Gasteiger partial charge in [-0.15, -0.1) is 0 Å². The first-order chi connectivity index (χ1) is 8.59. The summed E-state index contributed by atoms with van der Waals surface area (Å²) in [6.45, 7) is 2.79. The first kappa shape index (κ1) is 12.8. The lowest BCUT2D eigenvalue weighted by Gasteiger charge is -2.27. The molecule has 18 heavy (non-hydrogen) atoms. The van der Waals surface area contributed by atoms with Gasteiger partial charge in [0.05, 0.1) is 18.4 Å². The van der Waals surface area contributed by atoms with Crippen molar-refractivity contribution in [1.29, 1.82) is 0 Å². The van der Waals surface area contributed by atoms with Crippen LogP contribution in [-0.4, -0.2) is 60.5 Å². The predicted molar refractivity (Wildman–Crippen MR) is 61.7 cm³/mol. The van der Waals surface area contributed by atoms with Crippen LogP contribution in [0.5, 0.6) is 0 Å². The molecule has 3 N–H and O–H groups in total. The summed E-state index contributed by atoms with van der Waals surface area (Å²) in [4.78, 5) is 35.6. The zero-order chi connectivity index (χ0) is 13.1. The summed E-state index contributed by atoms with van der Waals surface area (Å²) >= 11 is 0. The molecule has 1 aliphatic heterocycles. The third-order valence-electron chi connectivity index (χ3n) is 3.33. The van der Waals surface area contributed by atoms with E-state index in [2.05, 4.69) is 10.6 Å². The highest BCUT2D eigenvalue weighted by molar-refractivity contribution is 5.91. The lowest BCUT2D eigenvalue weighted by Crippen LogP contribution is -2.49. The van der Waals surface area contributed by atoms with Gasteiger partial charge >= 0.3 is 5.97 Å². The molecule has 7 heteroatoms. The fraction of sp³-hybridized carbons (Fsp3) is 0.727. The topological polar surface area (TPSA) is 98.7 Å². The number of carbonyl (C=O) groups excluding carboxylic acids is 2. The average molecular weight is 255 g/mol. The van der Waals surface area contributed by atoms with Gasteiger partial charge < -0.3 is 20.6 Å². The van der Waals surface area contributed by atoms with Crippen molar-refractivity contribution in [2.45, 2.75) is 6.42 Å². The summed E-state index contributed by atoms with van der Waals surface area (Å²) in [5.41, 5.74) is 0. The number of nitrogens with one attached hydrogen (secondary N) is 2. The second kappa shape index (κ2) is 5.34. The predicted octanol–water partition coefficient (Wildman–Crippen LogP) is -1.74. The molecule has 1 heterocycles. The number of carbonyl (C=O) groups is 3. The zero-order valence-corrected chi connectivity index (χ0v) is 10.0. The van der Waals surface area contributed by atoms with Gasteiger partial charge in [-0.2, -0.15) is 0 Å². The highest BCUT2D eigenvalue weighted by Gasteiger charge is 2.48. The Hall–Kier alpha value is -1.63. The highest BCUT2D eigenvalue weighted by atomic mass is 16.4. The Morgan fingerprint density at radius 3 is 2.44 bits per heavy atom. The monoisotopic (exact) mass is 255 g/mol. The Kier molecular flexibility index (Phi) is 3.81. The van der Waals surface area contributed by atoms with Crippen molar-refractivity contribution in [3.8, 4) is 0 Å². The zero-order valence-electron chi connectivity index (χ0n) is 10.0. The summed E-state index contributed by atoms with van der Waals surface area (Å²) < 4.78 is 0. The van der Waals surface area contributed by atoms with Crippen LogP contribution in [0.25, 0.3) is 0 Å². The number of aliphatic carboxylic acids is 1. The minimum absolute atomic E-state index is 0.0400. The molecule has 7 nitrogen and oxygen atoms in total. The van der Waals surface area contributed by atoms with Crippen LogP contribution in [0.1, 0.15) is 6.42 Å². The standard InChI is InChI=1S/C11H17N3O4/c15-9(14-3-1-12-2-4-14)6-13-10(16)7-5-8(7)11(17)18/h7-8,12H,1-6H2,(H,13,16)(H,17,18)/t7-,8+/m1/s1. The van der Waals surface area contributed by atoms with Gasteiger partial charge in [0.15, 0.2) is 0 Å². The van der Waals surface area contributed by atoms with Crippen LogP contribution in [-0.2, 0) is 14.4 Å². The van der Waals surface area contributed by atoms with Crippen LogP contribution in [0.4, 0.5) is 0 Å². The molecule has 2 amide bonds. The van der Waals surface area contributed by atoms with Crippen molar-refractivity contribution >= 4 is 17.8 Å². The third-order valence-corrected chi connectivity index (χ3v) is 3.33. The molecule has 0 radical (unpaired) electrons. The molecule has 0 bridgehead atoms.